The SMILES string of the molecule is IC1=C(I)c2ccccc2OC1. The van der Waals surface area contributed by atoms with E-state index in [1.54, 1.807) is 0 Å². The van der Waals surface area contributed by atoms with Gasteiger partial charge in [0.05, 0.1) is 0 Å². The number of fused-ring (bicyclic) bond motifs is 1. The number of hydrogen-bond acceptors (Lipinski definition) is 1. The molecule has 1 aliphatic rings. The van der Waals surface area contributed by atoms with Crippen LogP contribution in [0.15, 0.2) is 27.8 Å². The Morgan fingerprint density at radius 1 is 1.17 bits per heavy atom. The van der Waals surface area contributed by atoms with Crippen LogP contribution in [-0.4, -0.2) is 6.61 Å². The van der Waals surface area contributed by atoms with Crippen molar-refractivity contribution in [3.63, 3.8) is 0 Å². The first kappa shape index (κ1) is 8.80. The van der Waals surface area contributed by atoms with E-state index in [0.29, 0.717) is 0 Å². The predicted molar refractivity (Wildman–Crippen MR) is 66.9 cm³/mol. The molecule has 1 aromatic carbocycles. The summed E-state index contributed by atoms with van der Waals surface area (Å²) in [4.78, 5) is 0. The lowest BCUT2D eigenvalue weighted by Crippen LogP contribution is -2.05. The van der Waals surface area contributed by atoms with Gasteiger partial charge in [-0.25, -0.2) is 0 Å². The molecule has 0 saturated heterocycles. The van der Waals surface area contributed by atoms with Crippen LogP contribution in [0.3, 0.4) is 0 Å². The van der Waals surface area contributed by atoms with Gasteiger partial charge < -0.3 is 4.74 Å². The van der Waals surface area contributed by atoms with Gasteiger partial charge in [-0.15, -0.1) is 0 Å². The quantitative estimate of drug-likeness (QED) is 0.622. The second-order valence-corrected chi connectivity index (χ2v) is 4.88. The van der Waals surface area contributed by atoms with Crippen LogP contribution in [0.2, 0.25) is 0 Å². The zero-order chi connectivity index (χ0) is 8.55. The highest BCUT2D eigenvalue weighted by molar-refractivity contribution is 14.1. The van der Waals surface area contributed by atoms with E-state index in [1.807, 2.05) is 18.2 Å². The van der Waals surface area contributed by atoms with Crippen molar-refractivity contribution < 1.29 is 4.74 Å². The molecule has 1 nitrogen and oxygen atoms in total. The molecule has 0 bridgehead atoms. The second-order valence-electron chi connectivity index (χ2n) is 2.50. The molecule has 0 atom stereocenters. The fourth-order valence-electron chi connectivity index (χ4n) is 1.12. The van der Waals surface area contributed by atoms with E-state index in [9.17, 15) is 0 Å². The summed E-state index contributed by atoms with van der Waals surface area (Å²) in [6, 6.07) is 8.14. The average Bonchev–Trinajstić information content (AvgIpc) is 2.12. The van der Waals surface area contributed by atoms with Crippen LogP contribution in [0.25, 0.3) is 3.58 Å². The molecule has 0 unspecified atom stereocenters. The van der Waals surface area contributed by atoms with Crippen molar-refractivity contribution in [2.75, 3.05) is 6.61 Å². The lowest BCUT2D eigenvalue weighted by atomic mass is 10.1. The van der Waals surface area contributed by atoms with Gasteiger partial charge in [0, 0.05) is 12.7 Å². The molecule has 0 amide bonds. The van der Waals surface area contributed by atoms with Gasteiger partial charge in [-0.05, 0) is 51.2 Å². The third kappa shape index (κ3) is 1.48. The van der Waals surface area contributed by atoms with Crippen molar-refractivity contribution in [1.29, 1.82) is 0 Å². The van der Waals surface area contributed by atoms with Gasteiger partial charge in [-0.3, -0.25) is 0 Å². The molecule has 2 rings (SSSR count). The molecule has 12 heavy (non-hydrogen) atoms. The number of hydrogen-bond donors (Lipinski definition) is 0. The first-order valence-electron chi connectivity index (χ1n) is 3.55. The van der Waals surface area contributed by atoms with Crippen molar-refractivity contribution in [2.45, 2.75) is 0 Å². The van der Waals surface area contributed by atoms with Gasteiger partial charge in [-0.2, -0.15) is 0 Å². The molecule has 0 N–H and O–H groups in total. The fraction of sp³-hybridized carbons (Fsp3) is 0.111. The first-order chi connectivity index (χ1) is 5.79. The van der Waals surface area contributed by atoms with Gasteiger partial charge in [0.15, 0.2) is 0 Å². The van der Waals surface area contributed by atoms with Crippen LogP contribution < -0.4 is 4.74 Å². The van der Waals surface area contributed by atoms with Crippen molar-refractivity contribution in [3.05, 3.63) is 33.4 Å². The molecular formula is C9H6I2O. The largest absolute Gasteiger partial charge is 0.488 e. The number of para-hydroxylation sites is 1. The maximum absolute atomic E-state index is 5.54. The molecule has 0 aromatic heterocycles. The smallest absolute Gasteiger partial charge is 0.128 e. The van der Waals surface area contributed by atoms with Crippen molar-refractivity contribution in [3.8, 4) is 5.75 Å². The van der Waals surface area contributed by atoms with E-state index in [2.05, 4.69) is 51.2 Å². The van der Waals surface area contributed by atoms with E-state index >= 15 is 0 Å². The summed E-state index contributed by atoms with van der Waals surface area (Å²) >= 11 is 4.69. The molecule has 62 valence electrons. The molecule has 0 radical (unpaired) electrons. The number of benzene rings is 1. The highest BCUT2D eigenvalue weighted by Crippen LogP contribution is 2.38. The normalized spacial score (nSPS) is 15.5. The van der Waals surface area contributed by atoms with E-state index in [-0.39, 0.29) is 0 Å². The number of rotatable bonds is 0. The highest BCUT2D eigenvalue weighted by Gasteiger charge is 2.15. The Morgan fingerprint density at radius 2 is 1.92 bits per heavy atom. The summed E-state index contributed by atoms with van der Waals surface area (Å²) < 4.78 is 8.13. The molecule has 1 aliphatic heterocycles. The van der Waals surface area contributed by atoms with E-state index in [4.69, 9.17) is 4.74 Å². The Bertz CT molecular complexity index is 344. The third-order valence-electron chi connectivity index (χ3n) is 1.72. The van der Waals surface area contributed by atoms with Crippen LogP contribution in [0, 0.1) is 0 Å². The Balaban J connectivity index is 2.59. The van der Waals surface area contributed by atoms with Crippen molar-refractivity contribution in [2.24, 2.45) is 0 Å². The molecule has 0 spiro atoms. The summed E-state index contributed by atoms with van der Waals surface area (Å²) in [7, 11) is 0. The molecule has 0 fully saturated rings. The minimum absolute atomic E-state index is 0.718. The van der Waals surface area contributed by atoms with Gasteiger partial charge in [0.1, 0.15) is 12.4 Å². The minimum atomic E-state index is 0.718. The summed E-state index contributed by atoms with van der Waals surface area (Å²) in [6.45, 7) is 0.718. The summed E-state index contributed by atoms with van der Waals surface area (Å²) in [5, 5.41) is 0. The lowest BCUT2D eigenvalue weighted by molar-refractivity contribution is 0.357. The van der Waals surface area contributed by atoms with Gasteiger partial charge in [-0.1, -0.05) is 18.2 Å². The monoisotopic (exact) mass is 384 g/mol. The average molecular weight is 384 g/mol. The van der Waals surface area contributed by atoms with E-state index in [1.165, 1.54) is 12.7 Å². The van der Waals surface area contributed by atoms with Crippen LogP contribution in [0.5, 0.6) is 5.75 Å². The Kier molecular flexibility index (Phi) is 2.59. The summed E-state index contributed by atoms with van der Waals surface area (Å²) in [6.07, 6.45) is 0. The highest BCUT2D eigenvalue weighted by atomic mass is 127. The topological polar surface area (TPSA) is 9.23 Å². The molecule has 1 aromatic rings. The fourth-order valence-corrected chi connectivity index (χ4v) is 2.17. The number of halogens is 2. The summed E-state index contributed by atoms with van der Waals surface area (Å²) in [5.41, 5.74) is 1.22. The van der Waals surface area contributed by atoms with Crippen LogP contribution >= 0.6 is 45.2 Å². The van der Waals surface area contributed by atoms with E-state index in [0.717, 1.165) is 12.4 Å². The van der Waals surface area contributed by atoms with Gasteiger partial charge in [0.2, 0.25) is 0 Å². The molecular weight excluding hydrogens is 378 g/mol. The molecule has 3 heteroatoms. The van der Waals surface area contributed by atoms with Crippen LogP contribution in [0.1, 0.15) is 5.56 Å². The van der Waals surface area contributed by atoms with Gasteiger partial charge >= 0.3 is 0 Å². The van der Waals surface area contributed by atoms with Crippen LogP contribution in [0.4, 0.5) is 0 Å². The minimum Gasteiger partial charge on any atom is -0.488 e. The zero-order valence-electron chi connectivity index (χ0n) is 6.18. The Labute approximate surface area is 98.5 Å². The maximum atomic E-state index is 5.54. The Morgan fingerprint density at radius 3 is 2.75 bits per heavy atom. The Hall–Kier alpha value is 0.220. The van der Waals surface area contributed by atoms with Crippen LogP contribution in [-0.2, 0) is 0 Å². The standard InChI is InChI=1S/C9H6I2O/c10-7-5-12-8-4-2-1-3-6(8)9(7)11/h1-4H,5H2. The van der Waals surface area contributed by atoms with Gasteiger partial charge in [0.25, 0.3) is 0 Å². The lowest BCUT2D eigenvalue weighted by Gasteiger charge is -2.17. The predicted octanol–water partition coefficient (Wildman–Crippen LogP) is 3.62. The molecule has 0 saturated carbocycles. The zero-order valence-corrected chi connectivity index (χ0v) is 10.5. The number of ether oxygens (including phenoxy) is 1. The second kappa shape index (κ2) is 3.53. The first-order valence-corrected chi connectivity index (χ1v) is 5.71. The summed E-state index contributed by atoms with van der Waals surface area (Å²) in [5.74, 6) is 1.00. The van der Waals surface area contributed by atoms with Crippen molar-refractivity contribution in [1.82, 2.24) is 0 Å². The van der Waals surface area contributed by atoms with E-state index < -0.39 is 0 Å². The van der Waals surface area contributed by atoms with Crippen molar-refractivity contribution >= 4 is 48.8 Å². The third-order valence-corrected chi connectivity index (χ3v) is 4.83. The molecule has 0 aliphatic carbocycles. The maximum Gasteiger partial charge on any atom is 0.128 e. The molecule has 1 heterocycles.